The fourth-order valence-electron chi connectivity index (χ4n) is 7.14. The van der Waals surface area contributed by atoms with E-state index < -0.39 is 59.4 Å². The topological polar surface area (TPSA) is 231 Å². The molecule has 328 valence electrons. The summed E-state index contributed by atoms with van der Waals surface area (Å²) in [7, 11) is -4.48. The Morgan fingerprint density at radius 1 is 0.984 bits per heavy atom. The third-order valence-electron chi connectivity index (χ3n) is 9.90. The first-order valence-corrected chi connectivity index (χ1v) is 22.7. The molecular weight excluding hydrogens is 828 g/mol. The highest BCUT2D eigenvalue weighted by molar-refractivity contribution is 7.54. The summed E-state index contributed by atoms with van der Waals surface area (Å²) in [4.78, 5) is 65.3. The van der Waals surface area contributed by atoms with Crippen LogP contribution in [-0.2, 0) is 32.4 Å². The lowest BCUT2D eigenvalue weighted by atomic mass is 9.98. The van der Waals surface area contributed by atoms with Gasteiger partial charge in [-0.3, -0.25) is 9.36 Å². The van der Waals surface area contributed by atoms with Gasteiger partial charge in [-0.15, -0.1) is 0 Å². The molecule has 5 rings (SSSR count). The van der Waals surface area contributed by atoms with Crippen molar-refractivity contribution >= 4 is 34.5 Å². The van der Waals surface area contributed by atoms with Crippen LogP contribution >= 0.6 is 16.7 Å². The van der Waals surface area contributed by atoms with Crippen LogP contribution in [0.2, 0.25) is 0 Å². The summed E-state index contributed by atoms with van der Waals surface area (Å²) in [6.07, 6.45) is -1.26. The lowest BCUT2D eigenvalue weighted by molar-refractivity contribution is -0.116. The van der Waals surface area contributed by atoms with Gasteiger partial charge in [0.15, 0.2) is 0 Å². The van der Waals surface area contributed by atoms with Crippen molar-refractivity contribution in [1.29, 1.82) is 10.5 Å². The van der Waals surface area contributed by atoms with Crippen molar-refractivity contribution in [3.8, 4) is 23.3 Å². The largest absolute Gasteiger partial charge is 0.570 e. The van der Waals surface area contributed by atoms with Crippen LogP contribution < -0.4 is 11.0 Å². The second-order valence-electron chi connectivity index (χ2n) is 15.0. The molecule has 20 heteroatoms. The maximum atomic E-state index is 13.4. The predicted molar refractivity (Wildman–Crippen MR) is 226 cm³/mol. The third-order valence-corrected chi connectivity index (χ3v) is 13.1. The van der Waals surface area contributed by atoms with Crippen LogP contribution in [0.3, 0.4) is 0 Å². The molecule has 1 aliphatic heterocycles. The maximum Gasteiger partial charge on any atom is 0.570 e. The van der Waals surface area contributed by atoms with Crippen molar-refractivity contribution in [3.05, 3.63) is 82.4 Å². The number of anilines is 1. The summed E-state index contributed by atoms with van der Waals surface area (Å²) >= 11 is 0. The molecule has 0 saturated carbocycles. The van der Waals surface area contributed by atoms with Gasteiger partial charge in [0.2, 0.25) is 5.91 Å². The first-order chi connectivity index (χ1) is 29.2. The number of nitriles is 2. The van der Waals surface area contributed by atoms with E-state index in [1.807, 2.05) is 62.7 Å². The number of fused-ring (bicyclic) bond motifs is 3. The Hall–Kier alpha value is -4.42. The van der Waals surface area contributed by atoms with Crippen LogP contribution in [0, 0.1) is 22.7 Å². The van der Waals surface area contributed by atoms with Gasteiger partial charge >= 0.3 is 20.0 Å². The quantitative estimate of drug-likeness (QED) is 0.0732. The summed E-state index contributed by atoms with van der Waals surface area (Å²) in [5.74, 6) is -0.460. The lowest BCUT2D eigenvalue weighted by Gasteiger charge is -2.37. The number of ether oxygens (including phenoxy) is 2. The van der Waals surface area contributed by atoms with Gasteiger partial charge in [0.05, 0.1) is 37.7 Å². The summed E-state index contributed by atoms with van der Waals surface area (Å²) in [6.45, 7) is 7.79. The minimum absolute atomic E-state index is 0.0141. The second kappa shape index (κ2) is 22.6. The van der Waals surface area contributed by atoms with Gasteiger partial charge in [-0.05, 0) is 62.4 Å². The second-order valence-corrected chi connectivity index (χ2v) is 17.9. The molecule has 2 aromatic carbocycles. The Morgan fingerprint density at radius 2 is 1.62 bits per heavy atom. The number of nitrogens with one attached hydrogen (secondary N) is 1. The van der Waals surface area contributed by atoms with Crippen LogP contribution in [0.5, 0.6) is 0 Å². The van der Waals surface area contributed by atoms with E-state index in [0.717, 1.165) is 22.3 Å². The molecule has 2 heterocycles. The standard InChI is InChI=1S/C41H53N7O11P2/c1-28(2)48(29(3)4)60(55-23-11-19-42)59-35-25-39(58-36(35)27-57-61(52,53)56-24-12-20-43)47-22-18-37(45-40(47)50)44-38(49)17-10-21-46(5)41(51)54-26-34-32-15-8-6-13-30(32)31-14-7-9-16-33(31)34/h6-9,13-16,18,22,28-29,34-36,39,52-53H,10-12,17,21,23-27H2,1-5H3/p+1/t35?,36-,39-,60?/m1/s1. The zero-order valence-corrected chi connectivity index (χ0v) is 36.7. The molecule has 0 bridgehead atoms. The van der Waals surface area contributed by atoms with E-state index in [9.17, 15) is 24.2 Å². The number of nitrogens with zero attached hydrogens (tertiary/aromatic N) is 6. The molecule has 2 unspecified atom stereocenters. The van der Waals surface area contributed by atoms with Crippen molar-refractivity contribution < 1.29 is 46.9 Å². The smallest absolute Gasteiger partial charge is 0.448 e. The van der Waals surface area contributed by atoms with Crippen LogP contribution in [0.25, 0.3) is 11.1 Å². The van der Waals surface area contributed by atoms with Crippen molar-refractivity contribution in [1.82, 2.24) is 19.1 Å². The van der Waals surface area contributed by atoms with Gasteiger partial charge in [0.1, 0.15) is 38.0 Å². The molecule has 61 heavy (non-hydrogen) atoms. The molecule has 1 fully saturated rings. The molecule has 3 aromatic rings. The average Bonchev–Trinajstić information content (AvgIpc) is 3.77. The first kappa shape index (κ1) is 47.6. The third kappa shape index (κ3) is 13.0. The molecule has 2 aliphatic rings. The SMILES string of the molecule is CC(C)N(C(C)C)P(OCCC#N)OC1C[C@H](n2ccc(NC(=O)CCCN(C)C(=O)OCC3c4ccccc4-c4ccccc43)nc2=O)O[C@@H]1CO[P+](O)(O)OCCC#N. The van der Waals surface area contributed by atoms with Crippen molar-refractivity contribution in [3.63, 3.8) is 0 Å². The van der Waals surface area contributed by atoms with E-state index in [0.29, 0.717) is 6.42 Å². The highest BCUT2D eigenvalue weighted by Gasteiger charge is 2.46. The van der Waals surface area contributed by atoms with Gasteiger partial charge in [-0.1, -0.05) is 48.5 Å². The van der Waals surface area contributed by atoms with Gasteiger partial charge < -0.3 is 28.7 Å². The number of hydrogen-bond acceptors (Lipinski definition) is 15. The van der Waals surface area contributed by atoms with Crippen LogP contribution in [0.1, 0.15) is 83.1 Å². The summed E-state index contributed by atoms with van der Waals surface area (Å²) < 4.78 is 38.0. The van der Waals surface area contributed by atoms with Crippen molar-refractivity contribution in [2.24, 2.45) is 0 Å². The van der Waals surface area contributed by atoms with Crippen LogP contribution in [-0.4, -0.2) is 105 Å². The zero-order chi connectivity index (χ0) is 44.1. The molecule has 1 aliphatic carbocycles. The Morgan fingerprint density at radius 3 is 2.25 bits per heavy atom. The fourth-order valence-corrected chi connectivity index (χ4v) is 9.64. The predicted octanol–water partition coefficient (Wildman–Crippen LogP) is 6.40. The van der Waals surface area contributed by atoms with Gasteiger partial charge in [0, 0.05) is 50.6 Å². The number of carbonyl (C=O) groups excluding carboxylic acids is 2. The zero-order valence-electron chi connectivity index (χ0n) is 35.0. The molecule has 3 N–H and O–H groups in total. The number of amides is 2. The summed E-state index contributed by atoms with van der Waals surface area (Å²) in [6, 6.07) is 21.5. The molecule has 2 amide bonds. The number of benzene rings is 2. The molecule has 0 radical (unpaired) electrons. The number of carbonyl (C=O) groups is 2. The molecule has 18 nitrogen and oxygen atoms in total. The van der Waals surface area contributed by atoms with Gasteiger partial charge in [0.25, 0.3) is 8.53 Å². The highest BCUT2D eigenvalue weighted by atomic mass is 31.2. The molecular formula is C41H54N7O11P2+. The van der Waals surface area contributed by atoms with E-state index >= 15 is 0 Å². The van der Waals surface area contributed by atoms with Gasteiger partial charge in [-0.2, -0.15) is 34.3 Å². The van der Waals surface area contributed by atoms with E-state index in [2.05, 4.69) is 40.6 Å². The Kier molecular flexibility index (Phi) is 17.7. The monoisotopic (exact) mass is 882 g/mol. The number of aromatic nitrogens is 2. The molecule has 1 aromatic heterocycles. The van der Waals surface area contributed by atoms with E-state index in [-0.39, 0.29) is 75.9 Å². The van der Waals surface area contributed by atoms with E-state index in [1.165, 1.54) is 21.7 Å². The Bertz CT molecular complexity index is 2040. The normalized spacial score (nSPS) is 17.8. The summed E-state index contributed by atoms with van der Waals surface area (Å²) in [5.41, 5.74) is 3.76. The van der Waals surface area contributed by atoms with E-state index in [4.69, 9.17) is 38.1 Å². The van der Waals surface area contributed by atoms with Crippen LogP contribution in [0.15, 0.2) is 65.6 Å². The summed E-state index contributed by atoms with van der Waals surface area (Å²) in [5, 5.41) is 20.6. The minimum Gasteiger partial charge on any atom is -0.448 e. The lowest BCUT2D eigenvalue weighted by Crippen LogP contribution is -2.36. The van der Waals surface area contributed by atoms with E-state index in [1.54, 1.807) is 7.05 Å². The maximum absolute atomic E-state index is 13.4. The first-order valence-electron chi connectivity index (χ1n) is 20.1. The molecule has 4 atom stereocenters. The Balaban J connectivity index is 1.17. The van der Waals surface area contributed by atoms with Crippen LogP contribution in [0.4, 0.5) is 10.6 Å². The average molecular weight is 883 g/mol. The fraction of sp³-hybridized carbons (Fsp3) is 0.512. The van der Waals surface area contributed by atoms with Crippen molar-refractivity contribution in [2.45, 2.75) is 96.2 Å². The molecule has 1 saturated heterocycles. The Labute approximate surface area is 357 Å². The number of hydrogen-bond donors (Lipinski definition) is 3. The molecule has 0 spiro atoms. The number of rotatable bonds is 22. The minimum atomic E-state index is -4.33. The van der Waals surface area contributed by atoms with Crippen molar-refractivity contribution in [2.75, 3.05) is 45.3 Å². The van der Waals surface area contributed by atoms with Gasteiger partial charge in [-0.25, -0.2) is 14.3 Å². The highest BCUT2D eigenvalue weighted by Crippen LogP contribution is 2.54.